The summed E-state index contributed by atoms with van der Waals surface area (Å²) in [7, 11) is 2.28. The lowest BCUT2D eigenvalue weighted by Gasteiger charge is -2.15. The Balaban J connectivity index is 2.75. The lowest BCUT2D eigenvalue weighted by Crippen LogP contribution is -2.43. The van der Waals surface area contributed by atoms with E-state index in [0.717, 1.165) is 14.2 Å². The van der Waals surface area contributed by atoms with Crippen LogP contribution in [0.25, 0.3) is 0 Å². The number of esters is 2. The topological polar surface area (TPSA) is 125 Å². The molecule has 1 rings (SSSR count). The summed E-state index contributed by atoms with van der Waals surface area (Å²) < 4.78 is 8.95. The zero-order valence-corrected chi connectivity index (χ0v) is 12.6. The molecule has 9 heteroatoms. The summed E-state index contributed by atoms with van der Waals surface area (Å²) in [5.74, 6) is -2.05. The maximum Gasteiger partial charge on any atom is 0.328 e. The van der Waals surface area contributed by atoms with Crippen LogP contribution < -0.4 is 5.32 Å². The predicted molar refractivity (Wildman–Crippen MR) is 77.4 cm³/mol. The van der Waals surface area contributed by atoms with Gasteiger partial charge in [0, 0.05) is 12.1 Å². The van der Waals surface area contributed by atoms with Gasteiger partial charge in [0.15, 0.2) is 0 Å². The second kappa shape index (κ2) is 8.47. The molecule has 0 heterocycles. The summed E-state index contributed by atoms with van der Waals surface area (Å²) in [6.07, 6.45) is -0.555. The number of nitrogens with zero attached hydrogens (tertiary/aromatic N) is 1. The van der Waals surface area contributed by atoms with Crippen LogP contribution in [0.15, 0.2) is 24.3 Å². The van der Waals surface area contributed by atoms with Gasteiger partial charge in [-0.15, -0.1) is 0 Å². The van der Waals surface area contributed by atoms with Gasteiger partial charge in [0.25, 0.3) is 5.69 Å². The minimum Gasteiger partial charge on any atom is -0.469 e. The normalized spacial score (nSPS) is 11.2. The SMILES string of the molecule is COC(=O)C[C@@H](NC(=O)Cc1cccc([N+](=O)[O-])c1)C(=O)OC. The standard InChI is InChI=1S/C14H16N2O7/c1-22-13(18)8-11(14(19)23-2)15-12(17)7-9-4-3-5-10(6-9)16(20)21/h3-6,11H,7-8H2,1-2H3,(H,15,17)/t11-/m1/s1. The molecule has 0 radical (unpaired) electrons. The summed E-state index contributed by atoms with van der Waals surface area (Å²) in [6.45, 7) is 0. The number of methoxy groups -OCH3 is 2. The van der Waals surface area contributed by atoms with Crippen LogP contribution in [-0.2, 0) is 30.3 Å². The van der Waals surface area contributed by atoms with E-state index >= 15 is 0 Å². The Bertz CT molecular complexity index is 615. The van der Waals surface area contributed by atoms with Crippen molar-refractivity contribution in [2.24, 2.45) is 0 Å². The number of benzene rings is 1. The van der Waals surface area contributed by atoms with Crippen LogP contribution in [-0.4, -0.2) is 43.0 Å². The quantitative estimate of drug-likeness (QED) is 0.436. The monoisotopic (exact) mass is 324 g/mol. The molecule has 0 fully saturated rings. The molecule has 23 heavy (non-hydrogen) atoms. The molecule has 9 nitrogen and oxygen atoms in total. The van der Waals surface area contributed by atoms with E-state index in [9.17, 15) is 24.5 Å². The number of nitro benzene ring substituents is 1. The number of ether oxygens (including phenoxy) is 2. The van der Waals surface area contributed by atoms with Gasteiger partial charge in [-0.1, -0.05) is 12.1 Å². The number of carbonyl (C=O) groups excluding carboxylic acids is 3. The molecule has 0 aliphatic heterocycles. The van der Waals surface area contributed by atoms with E-state index in [-0.39, 0.29) is 18.5 Å². The first kappa shape index (κ1) is 18.1. The molecule has 124 valence electrons. The average Bonchev–Trinajstić information content (AvgIpc) is 2.53. The number of carbonyl (C=O) groups is 3. The van der Waals surface area contributed by atoms with E-state index in [1.54, 1.807) is 6.07 Å². The third-order valence-electron chi connectivity index (χ3n) is 2.91. The van der Waals surface area contributed by atoms with Crippen molar-refractivity contribution >= 4 is 23.5 Å². The molecule has 1 aromatic rings. The number of non-ortho nitro benzene ring substituents is 1. The van der Waals surface area contributed by atoms with Crippen LogP contribution in [0.1, 0.15) is 12.0 Å². The predicted octanol–water partition coefficient (Wildman–Crippen LogP) is 0.358. The molecule has 1 amide bonds. The fourth-order valence-electron chi connectivity index (χ4n) is 1.80. The van der Waals surface area contributed by atoms with Gasteiger partial charge in [-0.3, -0.25) is 19.7 Å². The summed E-state index contributed by atoms with van der Waals surface area (Å²) in [5.41, 5.74) is 0.257. The van der Waals surface area contributed by atoms with Gasteiger partial charge in [0.05, 0.1) is 32.0 Å². The Morgan fingerprint density at radius 3 is 2.52 bits per heavy atom. The van der Waals surface area contributed by atoms with Crippen LogP contribution in [0.3, 0.4) is 0 Å². The first-order valence-electron chi connectivity index (χ1n) is 6.54. The van der Waals surface area contributed by atoms with Crippen molar-refractivity contribution in [3.63, 3.8) is 0 Å². The van der Waals surface area contributed by atoms with Crippen LogP contribution >= 0.6 is 0 Å². The van der Waals surface area contributed by atoms with Crippen molar-refractivity contribution in [1.82, 2.24) is 5.32 Å². The molecule has 0 aromatic heterocycles. The summed E-state index contributed by atoms with van der Waals surface area (Å²) in [4.78, 5) is 44.9. The molecule has 0 saturated heterocycles. The number of amides is 1. The van der Waals surface area contributed by atoms with Gasteiger partial charge < -0.3 is 14.8 Å². The fourth-order valence-corrected chi connectivity index (χ4v) is 1.80. The second-order valence-corrected chi connectivity index (χ2v) is 4.53. The zero-order chi connectivity index (χ0) is 17.4. The van der Waals surface area contributed by atoms with E-state index in [1.165, 1.54) is 18.2 Å². The lowest BCUT2D eigenvalue weighted by atomic mass is 10.1. The minimum atomic E-state index is -1.18. The Labute approximate surface area is 131 Å². The van der Waals surface area contributed by atoms with Crippen LogP contribution in [0, 0.1) is 10.1 Å². The van der Waals surface area contributed by atoms with E-state index in [2.05, 4.69) is 14.8 Å². The molecular formula is C14H16N2O7. The van der Waals surface area contributed by atoms with Gasteiger partial charge in [0.2, 0.25) is 5.91 Å². The highest BCUT2D eigenvalue weighted by atomic mass is 16.6. The Morgan fingerprint density at radius 2 is 1.96 bits per heavy atom. The average molecular weight is 324 g/mol. The summed E-state index contributed by atoms with van der Waals surface area (Å²) in [5, 5.41) is 13.0. The molecular weight excluding hydrogens is 308 g/mol. The van der Waals surface area contributed by atoms with Gasteiger partial charge in [0.1, 0.15) is 6.04 Å². The molecule has 0 aliphatic rings. The van der Waals surface area contributed by atoms with Gasteiger partial charge >= 0.3 is 11.9 Å². The molecule has 1 atom stereocenters. The number of rotatable bonds is 7. The van der Waals surface area contributed by atoms with Crippen molar-refractivity contribution in [3.8, 4) is 0 Å². The fraction of sp³-hybridized carbons (Fsp3) is 0.357. The molecule has 0 unspecified atom stereocenters. The number of nitro groups is 1. The highest BCUT2D eigenvalue weighted by Gasteiger charge is 2.25. The third-order valence-corrected chi connectivity index (χ3v) is 2.91. The smallest absolute Gasteiger partial charge is 0.328 e. The number of hydrogen-bond donors (Lipinski definition) is 1. The van der Waals surface area contributed by atoms with Crippen molar-refractivity contribution in [2.75, 3.05) is 14.2 Å². The van der Waals surface area contributed by atoms with Gasteiger partial charge in [-0.25, -0.2) is 4.79 Å². The highest BCUT2D eigenvalue weighted by Crippen LogP contribution is 2.13. The third kappa shape index (κ3) is 5.73. The van der Waals surface area contributed by atoms with Crippen LogP contribution in [0.4, 0.5) is 5.69 Å². The highest BCUT2D eigenvalue weighted by molar-refractivity contribution is 5.88. The van der Waals surface area contributed by atoms with Gasteiger partial charge in [-0.05, 0) is 5.56 Å². The van der Waals surface area contributed by atoms with E-state index in [4.69, 9.17) is 0 Å². The lowest BCUT2D eigenvalue weighted by molar-refractivity contribution is -0.384. The molecule has 1 aromatic carbocycles. The van der Waals surface area contributed by atoms with Crippen LogP contribution in [0.2, 0.25) is 0 Å². The first-order valence-corrected chi connectivity index (χ1v) is 6.54. The Morgan fingerprint density at radius 1 is 1.26 bits per heavy atom. The summed E-state index contributed by atoms with van der Waals surface area (Å²) >= 11 is 0. The summed E-state index contributed by atoms with van der Waals surface area (Å²) in [6, 6.07) is 4.37. The van der Waals surface area contributed by atoms with Gasteiger partial charge in [-0.2, -0.15) is 0 Å². The van der Waals surface area contributed by atoms with E-state index in [0.29, 0.717) is 5.56 Å². The first-order chi connectivity index (χ1) is 10.9. The van der Waals surface area contributed by atoms with Crippen molar-refractivity contribution < 1.29 is 28.8 Å². The molecule has 0 saturated carbocycles. The zero-order valence-electron chi connectivity index (χ0n) is 12.6. The van der Waals surface area contributed by atoms with E-state index in [1.807, 2.05) is 0 Å². The number of nitrogens with one attached hydrogen (secondary N) is 1. The molecule has 0 spiro atoms. The Hall–Kier alpha value is -2.97. The molecule has 0 bridgehead atoms. The maximum atomic E-state index is 12.0. The van der Waals surface area contributed by atoms with Crippen molar-refractivity contribution in [1.29, 1.82) is 0 Å². The van der Waals surface area contributed by atoms with Crippen molar-refractivity contribution in [2.45, 2.75) is 18.9 Å². The van der Waals surface area contributed by atoms with Crippen LogP contribution in [0.5, 0.6) is 0 Å². The second-order valence-electron chi connectivity index (χ2n) is 4.53. The molecule has 0 aliphatic carbocycles. The minimum absolute atomic E-state index is 0.144. The number of hydrogen-bond acceptors (Lipinski definition) is 7. The van der Waals surface area contributed by atoms with Crippen molar-refractivity contribution in [3.05, 3.63) is 39.9 Å². The largest absolute Gasteiger partial charge is 0.469 e. The molecule has 1 N–H and O–H groups in total. The van der Waals surface area contributed by atoms with E-state index < -0.39 is 28.8 Å². The maximum absolute atomic E-state index is 12.0. The Kier molecular flexibility index (Phi) is 6.66.